The number of nitrogens with one attached hydrogen (secondary N) is 1. The fourth-order valence-electron chi connectivity index (χ4n) is 2.79. The standard InChI is InChI=1S/C16H18F2N2S/c1-11-8-15(21-10-11)16(20-6-4-19-5-7-20)13-3-2-12(17)9-14(13)18/h2-3,8-10,16,19H,4-7H2,1H3. The van der Waals surface area contributed by atoms with Gasteiger partial charge >= 0.3 is 0 Å². The summed E-state index contributed by atoms with van der Waals surface area (Å²) in [6.07, 6.45) is 0. The lowest BCUT2D eigenvalue weighted by atomic mass is 10.0. The van der Waals surface area contributed by atoms with E-state index in [0.29, 0.717) is 5.56 Å². The Labute approximate surface area is 127 Å². The first kappa shape index (κ1) is 14.6. The highest BCUT2D eigenvalue weighted by molar-refractivity contribution is 7.10. The van der Waals surface area contributed by atoms with Crippen LogP contribution in [0.3, 0.4) is 0 Å². The van der Waals surface area contributed by atoms with Crippen LogP contribution >= 0.6 is 11.3 Å². The number of hydrogen-bond donors (Lipinski definition) is 1. The molecular formula is C16H18F2N2S. The first-order valence-corrected chi connectivity index (χ1v) is 7.98. The molecule has 0 bridgehead atoms. The van der Waals surface area contributed by atoms with E-state index in [1.54, 1.807) is 17.4 Å². The van der Waals surface area contributed by atoms with Crippen molar-refractivity contribution in [3.05, 3.63) is 57.3 Å². The second-order valence-corrected chi connectivity index (χ2v) is 6.32. The van der Waals surface area contributed by atoms with Crippen LogP contribution in [0.5, 0.6) is 0 Å². The summed E-state index contributed by atoms with van der Waals surface area (Å²) in [5.41, 5.74) is 1.73. The van der Waals surface area contributed by atoms with Crippen molar-refractivity contribution < 1.29 is 8.78 Å². The molecule has 112 valence electrons. The molecule has 0 amide bonds. The van der Waals surface area contributed by atoms with Gasteiger partial charge in [0.1, 0.15) is 11.6 Å². The van der Waals surface area contributed by atoms with E-state index in [1.165, 1.54) is 11.6 Å². The molecular weight excluding hydrogens is 290 g/mol. The van der Waals surface area contributed by atoms with Crippen LogP contribution in [0.15, 0.2) is 29.6 Å². The van der Waals surface area contributed by atoms with Crippen molar-refractivity contribution in [2.75, 3.05) is 26.2 Å². The van der Waals surface area contributed by atoms with Crippen LogP contribution in [0, 0.1) is 18.6 Å². The summed E-state index contributed by atoms with van der Waals surface area (Å²) in [5, 5.41) is 5.38. The van der Waals surface area contributed by atoms with Gasteiger partial charge in [0.25, 0.3) is 0 Å². The molecule has 21 heavy (non-hydrogen) atoms. The Kier molecular flexibility index (Phi) is 4.33. The molecule has 0 aliphatic carbocycles. The van der Waals surface area contributed by atoms with Crippen molar-refractivity contribution in [3.63, 3.8) is 0 Å². The summed E-state index contributed by atoms with van der Waals surface area (Å²) < 4.78 is 27.5. The molecule has 1 N–H and O–H groups in total. The first-order chi connectivity index (χ1) is 10.1. The maximum Gasteiger partial charge on any atom is 0.131 e. The van der Waals surface area contributed by atoms with E-state index in [9.17, 15) is 8.78 Å². The van der Waals surface area contributed by atoms with Crippen LogP contribution in [0.25, 0.3) is 0 Å². The molecule has 0 saturated carbocycles. The molecule has 0 radical (unpaired) electrons. The van der Waals surface area contributed by atoms with Gasteiger partial charge in [-0.2, -0.15) is 0 Å². The third kappa shape index (κ3) is 3.15. The molecule has 1 saturated heterocycles. The van der Waals surface area contributed by atoms with Gasteiger partial charge in [0, 0.05) is 42.7 Å². The molecule has 2 heterocycles. The lowest BCUT2D eigenvalue weighted by molar-refractivity contribution is 0.197. The largest absolute Gasteiger partial charge is 0.314 e. The van der Waals surface area contributed by atoms with Crippen molar-refractivity contribution in [2.45, 2.75) is 13.0 Å². The van der Waals surface area contributed by atoms with Gasteiger partial charge in [-0.15, -0.1) is 11.3 Å². The van der Waals surface area contributed by atoms with E-state index >= 15 is 0 Å². The van der Waals surface area contributed by atoms with Crippen molar-refractivity contribution in [3.8, 4) is 0 Å². The van der Waals surface area contributed by atoms with Crippen LogP contribution in [0.2, 0.25) is 0 Å². The van der Waals surface area contributed by atoms with Crippen LogP contribution in [0.4, 0.5) is 8.78 Å². The quantitative estimate of drug-likeness (QED) is 0.935. The Morgan fingerprint density at radius 2 is 1.95 bits per heavy atom. The molecule has 1 aliphatic heterocycles. The topological polar surface area (TPSA) is 15.3 Å². The summed E-state index contributed by atoms with van der Waals surface area (Å²) in [7, 11) is 0. The molecule has 1 unspecified atom stereocenters. The highest BCUT2D eigenvalue weighted by Crippen LogP contribution is 2.34. The fraction of sp³-hybridized carbons (Fsp3) is 0.375. The zero-order chi connectivity index (χ0) is 14.8. The number of halogens is 2. The third-order valence-electron chi connectivity index (χ3n) is 3.79. The van der Waals surface area contributed by atoms with Crippen molar-refractivity contribution in [1.29, 1.82) is 0 Å². The van der Waals surface area contributed by atoms with Crippen molar-refractivity contribution in [1.82, 2.24) is 10.2 Å². The number of nitrogens with zero attached hydrogens (tertiary/aromatic N) is 1. The molecule has 2 aromatic rings. The Morgan fingerprint density at radius 1 is 1.19 bits per heavy atom. The summed E-state index contributed by atoms with van der Waals surface area (Å²) in [6, 6.07) is 5.86. The summed E-state index contributed by atoms with van der Waals surface area (Å²) in [4.78, 5) is 3.37. The Balaban J connectivity index is 2.02. The van der Waals surface area contributed by atoms with E-state index in [2.05, 4.69) is 21.7 Å². The summed E-state index contributed by atoms with van der Waals surface area (Å²) in [5.74, 6) is -0.998. The van der Waals surface area contributed by atoms with Gasteiger partial charge in [-0.05, 0) is 30.0 Å². The predicted octanol–water partition coefficient (Wildman–Crippen LogP) is 3.33. The molecule has 1 aromatic heterocycles. The van der Waals surface area contributed by atoms with Crippen LogP contribution in [0.1, 0.15) is 22.0 Å². The monoisotopic (exact) mass is 308 g/mol. The zero-order valence-corrected chi connectivity index (χ0v) is 12.7. The van der Waals surface area contributed by atoms with Gasteiger partial charge in [-0.25, -0.2) is 8.78 Å². The molecule has 1 aliphatic rings. The molecule has 3 rings (SSSR count). The summed E-state index contributed by atoms with van der Waals surface area (Å²) >= 11 is 1.64. The minimum absolute atomic E-state index is 0.133. The second-order valence-electron chi connectivity index (χ2n) is 5.38. The lowest BCUT2D eigenvalue weighted by Crippen LogP contribution is -2.45. The average molecular weight is 308 g/mol. The number of benzene rings is 1. The van der Waals surface area contributed by atoms with Crippen LogP contribution in [-0.4, -0.2) is 31.1 Å². The predicted molar refractivity (Wildman–Crippen MR) is 81.7 cm³/mol. The molecule has 2 nitrogen and oxygen atoms in total. The van der Waals surface area contributed by atoms with Crippen LogP contribution < -0.4 is 5.32 Å². The van der Waals surface area contributed by atoms with E-state index < -0.39 is 11.6 Å². The number of piperazine rings is 1. The molecule has 1 aromatic carbocycles. The molecule has 5 heteroatoms. The Hall–Kier alpha value is -1.30. The van der Waals surface area contributed by atoms with E-state index in [1.807, 2.05) is 6.92 Å². The van der Waals surface area contributed by atoms with E-state index in [0.717, 1.165) is 37.1 Å². The highest BCUT2D eigenvalue weighted by atomic mass is 32.1. The second kappa shape index (κ2) is 6.22. The molecule has 1 fully saturated rings. The minimum atomic E-state index is -0.530. The average Bonchev–Trinajstić information content (AvgIpc) is 2.89. The van der Waals surface area contributed by atoms with Crippen LogP contribution in [-0.2, 0) is 0 Å². The van der Waals surface area contributed by atoms with Crippen molar-refractivity contribution >= 4 is 11.3 Å². The van der Waals surface area contributed by atoms with Crippen molar-refractivity contribution in [2.24, 2.45) is 0 Å². The van der Waals surface area contributed by atoms with Gasteiger partial charge in [0.15, 0.2) is 0 Å². The SMILES string of the molecule is Cc1csc(C(c2ccc(F)cc2F)N2CCNCC2)c1. The molecule has 0 spiro atoms. The van der Waals surface area contributed by atoms with E-state index in [-0.39, 0.29) is 6.04 Å². The smallest absolute Gasteiger partial charge is 0.131 e. The van der Waals surface area contributed by atoms with E-state index in [4.69, 9.17) is 0 Å². The Morgan fingerprint density at radius 3 is 2.57 bits per heavy atom. The van der Waals surface area contributed by atoms with Gasteiger partial charge in [0.2, 0.25) is 0 Å². The zero-order valence-electron chi connectivity index (χ0n) is 11.9. The number of rotatable bonds is 3. The van der Waals surface area contributed by atoms with Gasteiger partial charge < -0.3 is 5.32 Å². The maximum absolute atomic E-state index is 14.3. The van der Waals surface area contributed by atoms with Gasteiger partial charge in [-0.3, -0.25) is 4.90 Å². The number of aryl methyl sites for hydroxylation is 1. The highest BCUT2D eigenvalue weighted by Gasteiger charge is 2.27. The summed E-state index contributed by atoms with van der Waals surface area (Å²) in [6.45, 7) is 5.54. The normalized spacial score (nSPS) is 17.9. The molecule has 1 atom stereocenters. The van der Waals surface area contributed by atoms with Gasteiger partial charge in [-0.1, -0.05) is 6.07 Å². The Bertz CT molecular complexity index is 620. The number of thiophene rings is 1. The first-order valence-electron chi connectivity index (χ1n) is 7.10. The van der Waals surface area contributed by atoms with Gasteiger partial charge in [0.05, 0.1) is 6.04 Å². The minimum Gasteiger partial charge on any atom is -0.314 e. The lowest BCUT2D eigenvalue weighted by Gasteiger charge is -2.34. The number of hydrogen-bond acceptors (Lipinski definition) is 3. The third-order valence-corrected chi connectivity index (χ3v) is 4.90. The maximum atomic E-state index is 14.3. The fourth-order valence-corrected chi connectivity index (χ4v) is 3.84.